The summed E-state index contributed by atoms with van der Waals surface area (Å²) in [6.07, 6.45) is 2.12. The number of halogens is 2. The molecule has 2 nitrogen and oxygen atoms in total. The molecule has 1 heterocycles. The van der Waals surface area contributed by atoms with Crippen molar-refractivity contribution in [2.24, 2.45) is 0 Å². The summed E-state index contributed by atoms with van der Waals surface area (Å²) in [6, 6.07) is 5.85. The Morgan fingerprint density at radius 2 is 2.11 bits per heavy atom. The molecular weight excluding hydrogens is 287 g/mol. The molecule has 2 aromatic rings. The number of aromatic nitrogens is 2. The average Bonchev–Trinajstić information content (AvgIpc) is 2.69. The van der Waals surface area contributed by atoms with Crippen molar-refractivity contribution in [3.63, 3.8) is 0 Å². The number of hydrogen-bond acceptors (Lipinski definition) is 2. The van der Waals surface area contributed by atoms with Gasteiger partial charge in [-0.1, -0.05) is 17.7 Å². The molecule has 0 fully saturated rings. The summed E-state index contributed by atoms with van der Waals surface area (Å²) in [4.78, 5) is 4.54. The second-order valence-corrected chi connectivity index (χ2v) is 7.01. The lowest BCUT2D eigenvalue weighted by molar-refractivity contribution is 0.566. The number of fused-ring (bicyclic) bond motifs is 1. The first-order valence-corrected chi connectivity index (χ1v) is 7.87. The molecule has 0 saturated carbocycles. The van der Waals surface area contributed by atoms with Gasteiger partial charge in [0.15, 0.2) is 0 Å². The molecule has 1 aromatic carbocycles. The summed E-state index contributed by atoms with van der Waals surface area (Å²) in [5.74, 6) is 1.28. The van der Waals surface area contributed by atoms with Gasteiger partial charge in [-0.3, -0.25) is 0 Å². The van der Waals surface area contributed by atoms with Gasteiger partial charge in [0, 0.05) is 11.3 Å². The van der Waals surface area contributed by atoms with Crippen LogP contribution in [0.25, 0.3) is 11.0 Å². The van der Waals surface area contributed by atoms with Gasteiger partial charge in [0.2, 0.25) is 0 Å². The van der Waals surface area contributed by atoms with E-state index in [1.807, 2.05) is 30.0 Å². The SMILES string of the molecule is CSC(C)(C)Cn1c(CCl)nc2c(Cl)cccc21. The zero-order valence-electron chi connectivity index (χ0n) is 10.7. The highest BCUT2D eigenvalue weighted by atomic mass is 35.5. The maximum atomic E-state index is 6.18. The second kappa shape index (κ2) is 5.32. The zero-order chi connectivity index (χ0) is 13.3. The fraction of sp³-hybridized carbons (Fsp3) is 0.462. The van der Waals surface area contributed by atoms with Gasteiger partial charge < -0.3 is 4.57 Å². The second-order valence-electron chi connectivity index (χ2n) is 4.82. The highest BCUT2D eigenvalue weighted by Crippen LogP contribution is 2.29. The minimum atomic E-state index is 0.136. The molecule has 2 rings (SSSR count). The molecule has 18 heavy (non-hydrogen) atoms. The van der Waals surface area contributed by atoms with Crippen LogP contribution in [0, 0.1) is 0 Å². The van der Waals surface area contributed by atoms with E-state index in [4.69, 9.17) is 23.2 Å². The van der Waals surface area contributed by atoms with Crippen molar-refractivity contribution in [1.29, 1.82) is 0 Å². The van der Waals surface area contributed by atoms with E-state index in [0.29, 0.717) is 10.9 Å². The van der Waals surface area contributed by atoms with Gasteiger partial charge >= 0.3 is 0 Å². The highest BCUT2D eigenvalue weighted by molar-refractivity contribution is 7.99. The van der Waals surface area contributed by atoms with Crippen molar-refractivity contribution in [2.75, 3.05) is 6.26 Å². The summed E-state index contributed by atoms with van der Waals surface area (Å²) in [5.41, 5.74) is 1.90. The van der Waals surface area contributed by atoms with Gasteiger partial charge in [-0.15, -0.1) is 11.6 Å². The maximum Gasteiger partial charge on any atom is 0.124 e. The van der Waals surface area contributed by atoms with Crippen molar-refractivity contribution in [1.82, 2.24) is 9.55 Å². The summed E-state index contributed by atoms with van der Waals surface area (Å²) in [5, 5.41) is 0.680. The van der Waals surface area contributed by atoms with Crippen LogP contribution in [-0.2, 0) is 12.4 Å². The number of nitrogens with zero attached hydrogens (tertiary/aromatic N) is 2. The molecule has 0 aliphatic heterocycles. The van der Waals surface area contributed by atoms with Crippen LogP contribution in [0.15, 0.2) is 18.2 Å². The third-order valence-electron chi connectivity index (χ3n) is 3.02. The first-order valence-electron chi connectivity index (χ1n) is 5.73. The van der Waals surface area contributed by atoms with Gasteiger partial charge in [-0.05, 0) is 32.2 Å². The summed E-state index contributed by atoms with van der Waals surface area (Å²) in [7, 11) is 0. The summed E-state index contributed by atoms with van der Waals surface area (Å²) in [6.45, 7) is 5.30. The van der Waals surface area contributed by atoms with E-state index < -0.39 is 0 Å². The number of thioether (sulfide) groups is 1. The fourth-order valence-corrected chi connectivity index (χ4v) is 2.56. The molecule has 0 aliphatic rings. The van der Waals surface area contributed by atoms with E-state index in [2.05, 4.69) is 29.7 Å². The lowest BCUT2D eigenvalue weighted by Gasteiger charge is -2.23. The molecule has 0 bridgehead atoms. The molecule has 1 aromatic heterocycles. The van der Waals surface area contributed by atoms with Gasteiger partial charge in [0.1, 0.15) is 11.3 Å². The van der Waals surface area contributed by atoms with E-state index in [1.165, 1.54) is 0 Å². The molecule has 0 atom stereocenters. The first-order chi connectivity index (χ1) is 8.48. The van der Waals surface area contributed by atoms with Crippen LogP contribution < -0.4 is 0 Å². The van der Waals surface area contributed by atoms with Crippen molar-refractivity contribution < 1.29 is 0 Å². The minimum Gasteiger partial charge on any atom is -0.326 e. The number of para-hydroxylation sites is 1. The molecule has 0 amide bonds. The average molecular weight is 303 g/mol. The van der Waals surface area contributed by atoms with E-state index in [9.17, 15) is 0 Å². The topological polar surface area (TPSA) is 17.8 Å². The molecule has 0 spiro atoms. The summed E-state index contributed by atoms with van der Waals surface area (Å²) < 4.78 is 2.31. The molecular formula is C13H16Cl2N2S. The molecule has 5 heteroatoms. The van der Waals surface area contributed by atoms with Crippen LogP contribution in [0.4, 0.5) is 0 Å². The number of benzene rings is 1. The van der Waals surface area contributed by atoms with Gasteiger partial charge in [-0.25, -0.2) is 4.98 Å². The third-order valence-corrected chi connectivity index (χ3v) is 4.80. The molecule has 0 radical (unpaired) electrons. The first kappa shape index (κ1) is 14.0. The van der Waals surface area contributed by atoms with Crippen molar-refractivity contribution >= 4 is 46.0 Å². The Hall–Kier alpha value is -0.380. The van der Waals surface area contributed by atoms with Gasteiger partial charge in [0.25, 0.3) is 0 Å². The lowest BCUT2D eigenvalue weighted by Crippen LogP contribution is -2.23. The normalized spacial score (nSPS) is 12.3. The van der Waals surface area contributed by atoms with E-state index >= 15 is 0 Å². The molecule has 98 valence electrons. The third kappa shape index (κ3) is 2.63. The minimum absolute atomic E-state index is 0.136. The Morgan fingerprint density at radius 1 is 1.39 bits per heavy atom. The Labute approximate surface area is 122 Å². The monoisotopic (exact) mass is 302 g/mol. The molecule has 0 aliphatic carbocycles. The van der Waals surface area contributed by atoms with Gasteiger partial charge in [0.05, 0.1) is 16.4 Å². The van der Waals surface area contributed by atoms with Crippen LogP contribution in [0.5, 0.6) is 0 Å². The predicted octanol–water partition coefficient (Wildman–Crippen LogP) is 4.57. The van der Waals surface area contributed by atoms with E-state index in [-0.39, 0.29) is 4.75 Å². The Balaban J connectivity index is 2.57. The largest absolute Gasteiger partial charge is 0.326 e. The number of hydrogen-bond donors (Lipinski definition) is 0. The standard InChI is InChI=1S/C13H16Cl2N2S/c1-13(2,18-3)8-17-10-6-4-5-9(15)12(10)16-11(17)7-14/h4-6H,7-8H2,1-3H3. The predicted molar refractivity (Wildman–Crippen MR) is 81.9 cm³/mol. The van der Waals surface area contributed by atoms with Crippen molar-refractivity contribution in [3.8, 4) is 0 Å². The maximum absolute atomic E-state index is 6.18. The fourth-order valence-electron chi connectivity index (χ4n) is 1.88. The number of alkyl halides is 1. The number of rotatable bonds is 4. The Morgan fingerprint density at radius 3 is 2.72 bits per heavy atom. The summed E-state index contributed by atoms with van der Waals surface area (Å²) >= 11 is 14.0. The molecule has 0 N–H and O–H groups in total. The van der Waals surface area contributed by atoms with Crippen LogP contribution in [0.2, 0.25) is 5.02 Å². The van der Waals surface area contributed by atoms with Crippen molar-refractivity contribution in [3.05, 3.63) is 29.0 Å². The quantitative estimate of drug-likeness (QED) is 0.770. The van der Waals surface area contributed by atoms with Gasteiger partial charge in [-0.2, -0.15) is 11.8 Å². The lowest BCUT2D eigenvalue weighted by atomic mass is 10.2. The van der Waals surface area contributed by atoms with Crippen LogP contribution >= 0.6 is 35.0 Å². The Bertz CT molecular complexity index is 563. The van der Waals surface area contributed by atoms with E-state index in [0.717, 1.165) is 23.4 Å². The molecule has 0 saturated heterocycles. The molecule has 0 unspecified atom stereocenters. The van der Waals surface area contributed by atoms with E-state index in [1.54, 1.807) is 0 Å². The van der Waals surface area contributed by atoms with Crippen molar-refractivity contribution in [2.45, 2.75) is 31.0 Å². The van der Waals surface area contributed by atoms with Crippen LogP contribution in [-0.4, -0.2) is 20.6 Å². The highest BCUT2D eigenvalue weighted by Gasteiger charge is 2.21. The Kier molecular flexibility index (Phi) is 4.15. The van der Waals surface area contributed by atoms with Crippen LogP contribution in [0.1, 0.15) is 19.7 Å². The number of imidazole rings is 1. The van der Waals surface area contributed by atoms with Crippen LogP contribution in [0.3, 0.4) is 0 Å². The smallest absolute Gasteiger partial charge is 0.124 e. The zero-order valence-corrected chi connectivity index (χ0v) is 13.0.